The minimum Gasteiger partial charge on any atom is -0.480 e. The first kappa shape index (κ1) is 35.8. The van der Waals surface area contributed by atoms with Crippen LogP contribution in [0, 0.1) is 12.7 Å². The summed E-state index contributed by atoms with van der Waals surface area (Å²) in [6.07, 6.45) is -8.27. The van der Waals surface area contributed by atoms with E-state index in [0.717, 1.165) is 33.7 Å². The van der Waals surface area contributed by atoms with Crippen molar-refractivity contribution in [1.82, 2.24) is 19.4 Å². The number of hydrogen-bond donors (Lipinski definition) is 2. The van der Waals surface area contributed by atoms with Crippen LogP contribution in [0.2, 0.25) is 0 Å². The number of morpholine rings is 1. The Morgan fingerprint density at radius 1 is 1.12 bits per heavy atom. The first-order chi connectivity index (χ1) is 23.4. The van der Waals surface area contributed by atoms with Crippen molar-refractivity contribution >= 4 is 28.5 Å². The number of anilines is 1. The molecule has 1 saturated heterocycles. The quantitative estimate of drug-likeness (QED) is 0.262. The fourth-order valence-corrected chi connectivity index (χ4v) is 5.61. The molecule has 2 atom stereocenters. The van der Waals surface area contributed by atoms with Crippen molar-refractivity contribution in [3.05, 3.63) is 92.1 Å². The number of alkyl halides is 6. The van der Waals surface area contributed by atoms with Crippen LogP contribution in [0.5, 0.6) is 5.75 Å². The van der Waals surface area contributed by atoms with E-state index >= 15 is 4.39 Å². The molecule has 3 heterocycles. The number of carboxylic acid groups (broad SMARTS) is 1. The number of carbonyl (C=O) groups is 2. The molecule has 19 heteroatoms. The molecule has 0 aliphatic carbocycles. The SMILES string of the molecule is Cc1cc(N2CCOC[C@@H]2C(F)(F)F)cc(F)c1C(=O)N[C@@H](Cc1ccc(-n2c(=O)c3ccncc3n(C)c2=O)c(OC(F)(F)F)c1)C(=O)O. The largest absolute Gasteiger partial charge is 0.573 e. The predicted molar refractivity (Wildman–Crippen MR) is 161 cm³/mol. The summed E-state index contributed by atoms with van der Waals surface area (Å²) in [4.78, 5) is 56.3. The van der Waals surface area contributed by atoms with Crippen molar-refractivity contribution in [1.29, 1.82) is 0 Å². The van der Waals surface area contributed by atoms with Crippen LogP contribution < -0.4 is 26.2 Å². The fraction of sp³-hybridized carbons (Fsp3) is 0.323. The maximum Gasteiger partial charge on any atom is 0.573 e. The lowest BCUT2D eigenvalue weighted by atomic mass is 10.0. The maximum atomic E-state index is 15.3. The zero-order valence-electron chi connectivity index (χ0n) is 25.9. The summed E-state index contributed by atoms with van der Waals surface area (Å²) in [5.74, 6) is -5.24. The number of carbonyl (C=O) groups excluding carboxylic acids is 1. The van der Waals surface area contributed by atoms with Crippen molar-refractivity contribution in [2.24, 2.45) is 7.05 Å². The van der Waals surface area contributed by atoms with Gasteiger partial charge in [0.1, 0.15) is 17.9 Å². The number of aliphatic carboxylic acids is 1. The van der Waals surface area contributed by atoms with Crippen molar-refractivity contribution in [3.63, 3.8) is 0 Å². The number of nitrogens with one attached hydrogen (secondary N) is 1. The molecule has 50 heavy (non-hydrogen) atoms. The van der Waals surface area contributed by atoms with Gasteiger partial charge in [-0.05, 0) is 48.4 Å². The van der Waals surface area contributed by atoms with E-state index in [4.69, 9.17) is 4.74 Å². The lowest BCUT2D eigenvalue weighted by Crippen LogP contribution is -2.53. The molecular weight excluding hydrogens is 687 g/mol. The van der Waals surface area contributed by atoms with Gasteiger partial charge in [-0.3, -0.25) is 19.1 Å². The van der Waals surface area contributed by atoms with Gasteiger partial charge in [0.2, 0.25) is 0 Å². The highest BCUT2D eigenvalue weighted by atomic mass is 19.4. The second kappa shape index (κ2) is 13.4. The lowest BCUT2D eigenvalue weighted by Gasteiger charge is -2.38. The minimum atomic E-state index is -5.33. The molecule has 0 bridgehead atoms. The number of amides is 1. The molecule has 2 aromatic heterocycles. The van der Waals surface area contributed by atoms with Crippen LogP contribution in [0.4, 0.5) is 36.4 Å². The molecule has 12 nitrogen and oxygen atoms in total. The van der Waals surface area contributed by atoms with E-state index in [1.807, 2.05) is 0 Å². The van der Waals surface area contributed by atoms with Gasteiger partial charge >= 0.3 is 24.2 Å². The summed E-state index contributed by atoms with van der Waals surface area (Å²) in [6, 6.07) is 1.90. The molecule has 2 N–H and O–H groups in total. The van der Waals surface area contributed by atoms with Gasteiger partial charge in [0.05, 0.1) is 41.6 Å². The van der Waals surface area contributed by atoms with Crippen molar-refractivity contribution in [2.45, 2.75) is 38.0 Å². The summed E-state index contributed by atoms with van der Waals surface area (Å²) in [6.45, 7) is 0.238. The maximum absolute atomic E-state index is 15.3. The zero-order valence-corrected chi connectivity index (χ0v) is 25.9. The first-order valence-corrected chi connectivity index (χ1v) is 14.6. The number of halogens is 7. The number of aryl methyl sites for hydroxylation is 2. The third-order valence-electron chi connectivity index (χ3n) is 7.94. The number of carboxylic acids is 1. The van der Waals surface area contributed by atoms with Gasteiger partial charge in [-0.15, -0.1) is 13.2 Å². The molecule has 0 radical (unpaired) electrons. The minimum absolute atomic E-state index is 0.0570. The van der Waals surface area contributed by atoms with Crippen LogP contribution in [-0.4, -0.2) is 75.5 Å². The van der Waals surface area contributed by atoms with Gasteiger partial charge in [0, 0.05) is 31.9 Å². The molecule has 1 fully saturated rings. The number of fused-ring (bicyclic) bond motifs is 1. The van der Waals surface area contributed by atoms with Crippen molar-refractivity contribution in [3.8, 4) is 11.4 Å². The molecule has 0 saturated carbocycles. The molecule has 1 aliphatic rings. The normalized spacial score (nSPS) is 15.9. The number of pyridine rings is 1. The highest BCUT2D eigenvalue weighted by Gasteiger charge is 2.45. The number of ether oxygens (including phenoxy) is 2. The smallest absolute Gasteiger partial charge is 0.480 e. The Labute approximate surface area is 276 Å². The Kier molecular flexibility index (Phi) is 9.64. The monoisotopic (exact) mass is 713 g/mol. The van der Waals surface area contributed by atoms with Crippen molar-refractivity contribution < 1.29 is 54.9 Å². The number of benzene rings is 2. The van der Waals surface area contributed by atoms with Crippen LogP contribution in [0.25, 0.3) is 16.6 Å². The average Bonchev–Trinajstić information content (AvgIpc) is 3.03. The Balaban J connectivity index is 1.46. The fourth-order valence-electron chi connectivity index (χ4n) is 5.61. The summed E-state index contributed by atoms with van der Waals surface area (Å²) in [7, 11) is 1.26. The molecule has 0 unspecified atom stereocenters. The van der Waals surface area contributed by atoms with Gasteiger partial charge in [0.15, 0.2) is 5.75 Å². The molecule has 4 aromatic rings. The van der Waals surface area contributed by atoms with E-state index in [1.54, 1.807) is 0 Å². The summed E-state index contributed by atoms with van der Waals surface area (Å²) in [5.41, 5.74) is -3.73. The van der Waals surface area contributed by atoms with Crippen LogP contribution in [-0.2, 0) is 23.0 Å². The van der Waals surface area contributed by atoms with E-state index in [1.165, 1.54) is 32.4 Å². The second-order valence-electron chi connectivity index (χ2n) is 11.2. The summed E-state index contributed by atoms with van der Waals surface area (Å²) < 4.78 is 107. The predicted octanol–water partition coefficient (Wildman–Crippen LogP) is 3.62. The van der Waals surface area contributed by atoms with Crippen LogP contribution >= 0.6 is 0 Å². The Bertz CT molecular complexity index is 2070. The standard InChI is InChI=1S/C31H26F7N5O7/c1-15-9-17(42-7-8-49-14-24(42)30(33,34)35)12-19(32)25(15)26(44)40-20(28(46)47)10-16-3-4-21(23(11-16)50-31(36,37)38)43-27(45)18-5-6-39-13-22(18)41(2)29(43)48/h3-6,9,11-13,20,24H,7-8,10,14H2,1-2H3,(H,40,44)(H,46,47)/t20-,24+/m0/s1. The van der Waals surface area contributed by atoms with Gasteiger partial charge in [-0.1, -0.05) is 6.07 Å². The van der Waals surface area contributed by atoms with Gasteiger partial charge in [0.25, 0.3) is 11.5 Å². The zero-order chi connectivity index (χ0) is 36.7. The van der Waals surface area contributed by atoms with Crippen LogP contribution in [0.15, 0.2) is 58.4 Å². The number of rotatable bonds is 8. The molecule has 1 amide bonds. The third kappa shape index (κ3) is 7.26. The number of nitrogens with zero attached hydrogens (tertiary/aromatic N) is 4. The Morgan fingerprint density at radius 2 is 1.84 bits per heavy atom. The van der Waals surface area contributed by atoms with E-state index in [0.29, 0.717) is 10.6 Å². The summed E-state index contributed by atoms with van der Waals surface area (Å²) >= 11 is 0. The lowest BCUT2D eigenvalue weighted by molar-refractivity contribution is -0.274. The average molecular weight is 714 g/mol. The van der Waals surface area contributed by atoms with E-state index in [-0.39, 0.29) is 40.9 Å². The van der Waals surface area contributed by atoms with Gasteiger partial charge in [-0.2, -0.15) is 13.2 Å². The van der Waals surface area contributed by atoms with Gasteiger partial charge in [-0.25, -0.2) is 18.5 Å². The number of hydrogen-bond acceptors (Lipinski definition) is 8. The topological polar surface area (TPSA) is 145 Å². The molecule has 266 valence electrons. The molecule has 1 aliphatic heterocycles. The Morgan fingerprint density at radius 3 is 2.48 bits per heavy atom. The molecule has 5 rings (SSSR count). The van der Waals surface area contributed by atoms with Crippen molar-refractivity contribution in [2.75, 3.05) is 24.7 Å². The second-order valence-corrected chi connectivity index (χ2v) is 11.2. The Hall–Kier alpha value is -5.46. The molecular formula is C31H26F7N5O7. The number of aromatic nitrogens is 3. The van der Waals surface area contributed by atoms with E-state index in [9.17, 15) is 50.6 Å². The summed E-state index contributed by atoms with van der Waals surface area (Å²) in [5, 5.41) is 11.9. The van der Waals surface area contributed by atoms with Gasteiger partial charge < -0.3 is 24.8 Å². The molecule has 2 aromatic carbocycles. The highest BCUT2D eigenvalue weighted by Crippen LogP contribution is 2.33. The third-order valence-corrected chi connectivity index (χ3v) is 7.94. The van der Waals surface area contributed by atoms with E-state index in [2.05, 4.69) is 15.0 Å². The molecule has 0 spiro atoms. The first-order valence-electron chi connectivity index (χ1n) is 14.6. The van der Waals surface area contributed by atoms with E-state index < -0.39 is 83.6 Å². The highest BCUT2D eigenvalue weighted by molar-refractivity contribution is 5.98. The van der Waals surface area contributed by atoms with Crippen LogP contribution in [0.1, 0.15) is 21.5 Å². The van der Waals surface area contributed by atoms with Crippen LogP contribution in [0.3, 0.4) is 0 Å².